The van der Waals surface area contributed by atoms with Gasteiger partial charge in [0.05, 0.1) is 20.6 Å². The molecule has 2 aromatic rings. The molecule has 0 aliphatic rings. The first kappa shape index (κ1) is 16.2. The predicted molar refractivity (Wildman–Crippen MR) is 74.9 cm³/mol. The number of hydrogen-bond acceptors (Lipinski definition) is 3. The van der Waals surface area contributed by atoms with Crippen molar-refractivity contribution < 1.29 is 27.4 Å². The van der Waals surface area contributed by atoms with Gasteiger partial charge in [-0.2, -0.15) is 13.2 Å². The zero-order valence-corrected chi connectivity index (χ0v) is 12.7. The zero-order chi connectivity index (χ0) is 16.7. The molecule has 0 aliphatic carbocycles. The number of halogens is 3. The minimum Gasteiger partial charge on any atom is -0.496 e. The van der Waals surface area contributed by atoms with E-state index in [1.165, 1.54) is 20.3 Å². The molecule has 1 heterocycles. The summed E-state index contributed by atoms with van der Waals surface area (Å²) in [5, 5.41) is -0.0164. The maximum absolute atomic E-state index is 13.5. The van der Waals surface area contributed by atoms with Crippen LogP contribution in [0.15, 0.2) is 12.1 Å². The normalized spacial score (nSPS) is 11.8. The molecule has 4 nitrogen and oxygen atoms in total. The average Bonchev–Trinajstić information content (AvgIpc) is 2.70. The number of esters is 1. The lowest BCUT2D eigenvalue weighted by atomic mass is 10.0. The summed E-state index contributed by atoms with van der Waals surface area (Å²) in [5.74, 6) is -0.858. The van der Waals surface area contributed by atoms with E-state index in [-0.39, 0.29) is 17.6 Å². The first-order valence-corrected chi connectivity index (χ1v) is 6.51. The molecular formula is C15H16F3NO3. The van der Waals surface area contributed by atoms with Gasteiger partial charge < -0.3 is 14.0 Å². The number of fused-ring (bicyclic) bond motifs is 1. The van der Waals surface area contributed by atoms with E-state index < -0.39 is 17.7 Å². The molecular weight excluding hydrogens is 299 g/mol. The minimum absolute atomic E-state index is 0.0164. The van der Waals surface area contributed by atoms with Crippen molar-refractivity contribution in [2.75, 3.05) is 14.2 Å². The molecule has 0 radical (unpaired) electrons. The highest BCUT2D eigenvalue weighted by Gasteiger charge is 2.38. The molecule has 0 N–H and O–H groups in total. The molecule has 0 bridgehead atoms. The first-order chi connectivity index (χ1) is 10.2. The monoisotopic (exact) mass is 315 g/mol. The van der Waals surface area contributed by atoms with E-state index in [1.807, 2.05) is 0 Å². The fourth-order valence-electron chi connectivity index (χ4n) is 2.61. The number of aromatic nitrogens is 1. The highest BCUT2D eigenvalue weighted by atomic mass is 19.4. The summed E-state index contributed by atoms with van der Waals surface area (Å²) in [6.07, 6.45) is -4.82. The number of hydrogen-bond donors (Lipinski definition) is 0. The molecule has 0 atom stereocenters. The van der Waals surface area contributed by atoms with Gasteiger partial charge in [-0.15, -0.1) is 0 Å². The van der Waals surface area contributed by atoms with Gasteiger partial charge in [-0.05, 0) is 24.6 Å². The van der Waals surface area contributed by atoms with Crippen molar-refractivity contribution >= 4 is 16.9 Å². The molecule has 7 heteroatoms. The van der Waals surface area contributed by atoms with Crippen molar-refractivity contribution in [2.24, 2.45) is 7.05 Å². The number of nitrogens with zero attached hydrogens (tertiary/aromatic N) is 1. The first-order valence-electron chi connectivity index (χ1n) is 6.51. The Labute approximate surface area is 125 Å². The predicted octanol–water partition coefficient (Wildman–Crippen LogP) is 3.23. The largest absolute Gasteiger partial charge is 0.496 e. The molecule has 120 valence electrons. The molecule has 2 rings (SSSR count). The Balaban J connectivity index is 2.89. The van der Waals surface area contributed by atoms with Gasteiger partial charge in [0.2, 0.25) is 0 Å². The van der Waals surface area contributed by atoms with Crippen LogP contribution in [-0.4, -0.2) is 24.8 Å². The van der Waals surface area contributed by atoms with Crippen LogP contribution in [0, 0.1) is 6.92 Å². The van der Waals surface area contributed by atoms with Crippen LogP contribution in [0.4, 0.5) is 13.2 Å². The van der Waals surface area contributed by atoms with Crippen LogP contribution in [0.2, 0.25) is 0 Å². The second kappa shape index (κ2) is 5.55. The van der Waals surface area contributed by atoms with Gasteiger partial charge in [0.25, 0.3) is 0 Å². The lowest BCUT2D eigenvalue weighted by Crippen LogP contribution is -2.10. The minimum atomic E-state index is -4.59. The number of alkyl halides is 3. The van der Waals surface area contributed by atoms with Gasteiger partial charge in [0.15, 0.2) is 0 Å². The molecule has 0 saturated carbocycles. The van der Waals surface area contributed by atoms with Crippen molar-refractivity contribution in [3.05, 3.63) is 29.0 Å². The Morgan fingerprint density at radius 2 is 1.91 bits per heavy atom. The van der Waals surface area contributed by atoms with E-state index in [0.717, 1.165) is 0 Å². The molecule has 0 amide bonds. The SMILES string of the molecule is COC(=O)Cc1c(C)n(C)c2ccc(OC)c(C(F)(F)F)c12. The van der Waals surface area contributed by atoms with Crippen molar-refractivity contribution in [3.63, 3.8) is 0 Å². The van der Waals surface area contributed by atoms with Gasteiger partial charge in [0.1, 0.15) is 11.3 Å². The van der Waals surface area contributed by atoms with Crippen molar-refractivity contribution in [1.29, 1.82) is 0 Å². The maximum atomic E-state index is 13.5. The van der Waals surface area contributed by atoms with Gasteiger partial charge in [0, 0.05) is 23.6 Å². The standard InChI is InChI=1S/C15H16F3NO3/c1-8-9(7-12(20)22-4)13-10(19(8)2)5-6-11(21-3)14(13)15(16,17)18/h5-6H,7H2,1-4H3. The number of aryl methyl sites for hydroxylation is 1. The van der Waals surface area contributed by atoms with Crippen LogP contribution in [0.1, 0.15) is 16.8 Å². The average molecular weight is 315 g/mol. The van der Waals surface area contributed by atoms with Crippen LogP contribution in [-0.2, 0) is 29.2 Å². The molecule has 22 heavy (non-hydrogen) atoms. The van der Waals surface area contributed by atoms with E-state index in [9.17, 15) is 18.0 Å². The highest BCUT2D eigenvalue weighted by molar-refractivity contribution is 5.93. The number of rotatable bonds is 3. The third kappa shape index (κ3) is 2.51. The van der Waals surface area contributed by atoms with E-state index in [0.29, 0.717) is 16.8 Å². The number of methoxy groups -OCH3 is 2. The van der Waals surface area contributed by atoms with Crippen molar-refractivity contribution in [2.45, 2.75) is 19.5 Å². The number of carbonyl (C=O) groups excluding carboxylic acids is 1. The van der Waals surface area contributed by atoms with E-state index in [1.54, 1.807) is 24.6 Å². The Hall–Kier alpha value is -2.18. The van der Waals surface area contributed by atoms with Gasteiger partial charge in [-0.3, -0.25) is 4.79 Å². The maximum Gasteiger partial charge on any atom is 0.420 e. The fourth-order valence-corrected chi connectivity index (χ4v) is 2.61. The van der Waals surface area contributed by atoms with Crippen LogP contribution in [0.25, 0.3) is 10.9 Å². The summed E-state index contributed by atoms with van der Waals surface area (Å²) in [7, 11) is 4.05. The second-order valence-electron chi connectivity index (χ2n) is 4.91. The highest BCUT2D eigenvalue weighted by Crippen LogP contribution is 2.43. The molecule has 1 aromatic carbocycles. The second-order valence-corrected chi connectivity index (χ2v) is 4.91. The van der Waals surface area contributed by atoms with Gasteiger partial charge in [-0.1, -0.05) is 0 Å². The lowest BCUT2D eigenvalue weighted by molar-refractivity contribution is -0.140. The van der Waals surface area contributed by atoms with Crippen LogP contribution in [0.3, 0.4) is 0 Å². The summed E-state index contributed by atoms with van der Waals surface area (Å²) in [6.45, 7) is 1.67. The summed E-state index contributed by atoms with van der Waals surface area (Å²) in [5.41, 5.74) is 0.411. The number of ether oxygens (including phenoxy) is 2. The molecule has 0 unspecified atom stereocenters. The van der Waals surface area contributed by atoms with Crippen molar-refractivity contribution in [3.8, 4) is 5.75 Å². The van der Waals surface area contributed by atoms with Crippen LogP contribution >= 0.6 is 0 Å². The molecule has 1 aromatic heterocycles. The molecule has 0 fully saturated rings. The topological polar surface area (TPSA) is 40.5 Å². The number of benzene rings is 1. The Morgan fingerprint density at radius 3 is 2.41 bits per heavy atom. The van der Waals surface area contributed by atoms with Crippen LogP contribution in [0.5, 0.6) is 5.75 Å². The molecule has 0 saturated heterocycles. The third-order valence-electron chi connectivity index (χ3n) is 3.80. The van der Waals surface area contributed by atoms with E-state index in [4.69, 9.17) is 4.74 Å². The van der Waals surface area contributed by atoms with E-state index in [2.05, 4.69) is 4.74 Å². The fraction of sp³-hybridized carbons (Fsp3) is 0.400. The zero-order valence-electron chi connectivity index (χ0n) is 12.7. The summed E-state index contributed by atoms with van der Waals surface area (Å²) < 4.78 is 51.6. The number of carbonyl (C=O) groups is 1. The quantitative estimate of drug-likeness (QED) is 0.817. The molecule has 0 aliphatic heterocycles. The Kier molecular flexibility index (Phi) is 4.08. The Bertz CT molecular complexity index is 732. The van der Waals surface area contributed by atoms with E-state index >= 15 is 0 Å². The summed E-state index contributed by atoms with van der Waals surface area (Å²) in [4.78, 5) is 11.6. The smallest absolute Gasteiger partial charge is 0.420 e. The third-order valence-corrected chi connectivity index (χ3v) is 3.80. The summed E-state index contributed by atoms with van der Waals surface area (Å²) in [6, 6.07) is 2.84. The van der Waals surface area contributed by atoms with Crippen LogP contribution < -0.4 is 4.74 Å². The molecule has 0 spiro atoms. The van der Waals surface area contributed by atoms with Gasteiger partial charge in [-0.25, -0.2) is 0 Å². The van der Waals surface area contributed by atoms with Gasteiger partial charge >= 0.3 is 12.1 Å². The summed E-state index contributed by atoms with van der Waals surface area (Å²) >= 11 is 0. The lowest BCUT2D eigenvalue weighted by Gasteiger charge is -2.14. The Morgan fingerprint density at radius 1 is 1.27 bits per heavy atom. The van der Waals surface area contributed by atoms with Crippen molar-refractivity contribution in [1.82, 2.24) is 4.57 Å².